The zero-order chi connectivity index (χ0) is 20.8. The Morgan fingerprint density at radius 3 is 2.69 bits per heavy atom. The van der Waals surface area contributed by atoms with Gasteiger partial charge in [0.1, 0.15) is 18.0 Å². The fourth-order valence-electron chi connectivity index (χ4n) is 3.12. The number of hydrogen-bond acceptors (Lipinski definition) is 4. The minimum Gasteiger partial charge on any atom is -0.486 e. The van der Waals surface area contributed by atoms with E-state index < -0.39 is 0 Å². The molecule has 1 N–H and O–H groups in total. The van der Waals surface area contributed by atoms with Crippen molar-refractivity contribution in [3.05, 3.63) is 65.6 Å². The smallest absolute Gasteiger partial charge is 0.258 e. The number of rotatable bonds is 8. The van der Waals surface area contributed by atoms with E-state index in [9.17, 15) is 9.59 Å². The number of carbonyl (C=O) groups excluding carboxylic acids is 2. The van der Waals surface area contributed by atoms with Gasteiger partial charge in [-0.15, -0.1) is 0 Å². The average molecular weight is 394 g/mol. The summed E-state index contributed by atoms with van der Waals surface area (Å²) in [5.74, 6) is 0.0574. The third-order valence-corrected chi connectivity index (χ3v) is 4.60. The van der Waals surface area contributed by atoms with Gasteiger partial charge in [0.25, 0.3) is 5.91 Å². The van der Waals surface area contributed by atoms with Gasteiger partial charge in [-0.2, -0.15) is 0 Å². The lowest BCUT2D eigenvalue weighted by Crippen LogP contribution is -2.40. The van der Waals surface area contributed by atoms with Crippen LogP contribution in [0.25, 0.3) is 5.65 Å². The van der Waals surface area contributed by atoms with Gasteiger partial charge in [0.2, 0.25) is 5.91 Å². The zero-order valence-corrected chi connectivity index (χ0v) is 17.0. The van der Waals surface area contributed by atoms with Gasteiger partial charge in [-0.1, -0.05) is 18.2 Å². The number of ether oxygens (including phenoxy) is 1. The van der Waals surface area contributed by atoms with Crippen molar-refractivity contribution in [3.8, 4) is 5.75 Å². The summed E-state index contributed by atoms with van der Waals surface area (Å²) in [6, 6.07) is 11.1. The normalized spacial score (nSPS) is 10.7. The second-order valence-electron chi connectivity index (χ2n) is 6.71. The minimum absolute atomic E-state index is 0.0171. The maximum absolute atomic E-state index is 13.0. The van der Waals surface area contributed by atoms with Gasteiger partial charge < -0.3 is 19.4 Å². The van der Waals surface area contributed by atoms with Crippen LogP contribution in [-0.4, -0.2) is 45.7 Å². The van der Waals surface area contributed by atoms with Crippen LogP contribution in [0.3, 0.4) is 0 Å². The van der Waals surface area contributed by atoms with Crippen molar-refractivity contribution in [2.24, 2.45) is 0 Å². The molecule has 152 valence electrons. The highest BCUT2D eigenvalue weighted by Crippen LogP contribution is 2.21. The topological polar surface area (TPSA) is 75.9 Å². The third kappa shape index (κ3) is 4.74. The second-order valence-corrected chi connectivity index (χ2v) is 6.71. The van der Waals surface area contributed by atoms with E-state index in [-0.39, 0.29) is 25.0 Å². The number of likely N-dealkylation sites (N-methyl/N-ethyl adjacent to an activating group) is 2. The summed E-state index contributed by atoms with van der Waals surface area (Å²) in [6.45, 7) is 6.92. The molecule has 7 nitrogen and oxygen atoms in total. The molecule has 0 radical (unpaired) electrons. The van der Waals surface area contributed by atoms with E-state index in [1.807, 2.05) is 55.8 Å². The van der Waals surface area contributed by atoms with E-state index in [1.165, 1.54) is 4.90 Å². The SMILES string of the molecule is CCNC(=O)CN(CC)C(=O)c1ccccc1OCc1cn2cccc(C)c2n1. The van der Waals surface area contributed by atoms with Crippen LogP contribution in [-0.2, 0) is 11.4 Å². The molecule has 3 aromatic rings. The van der Waals surface area contributed by atoms with Gasteiger partial charge in [0, 0.05) is 25.5 Å². The predicted molar refractivity (Wildman–Crippen MR) is 111 cm³/mol. The Kier molecular flexibility index (Phi) is 6.49. The van der Waals surface area contributed by atoms with E-state index in [4.69, 9.17) is 4.74 Å². The number of benzene rings is 1. The molecule has 0 atom stereocenters. The Bertz CT molecular complexity index is 1010. The van der Waals surface area contributed by atoms with E-state index in [2.05, 4.69) is 10.3 Å². The highest BCUT2D eigenvalue weighted by Gasteiger charge is 2.20. The molecule has 3 rings (SSSR count). The first-order valence-electron chi connectivity index (χ1n) is 9.74. The number of aryl methyl sites for hydroxylation is 1. The fourth-order valence-corrected chi connectivity index (χ4v) is 3.12. The molecule has 0 aliphatic carbocycles. The Balaban J connectivity index is 1.76. The summed E-state index contributed by atoms with van der Waals surface area (Å²) in [5.41, 5.74) is 3.17. The molecule has 0 aliphatic heterocycles. The molecule has 29 heavy (non-hydrogen) atoms. The molecule has 2 amide bonds. The van der Waals surface area contributed by atoms with Gasteiger partial charge in [-0.3, -0.25) is 9.59 Å². The van der Waals surface area contributed by atoms with Crippen molar-refractivity contribution in [1.82, 2.24) is 19.6 Å². The fraction of sp³-hybridized carbons (Fsp3) is 0.318. The summed E-state index contributed by atoms with van der Waals surface area (Å²) in [5, 5.41) is 2.72. The van der Waals surface area contributed by atoms with Crippen molar-refractivity contribution in [2.75, 3.05) is 19.6 Å². The molecule has 0 unspecified atom stereocenters. The van der Waals surface area contributed by atoms with Crippen LogP contribution in [0.2, 0.25) is 0 Å². The summed E-state index contributed by atoms with van der Waals surface area (Å²) in [7, 11) is 0. The molecule has 0 saturated heterocycles. The van der Waals surface area contributed by atoms with Gasteiger partial charge >= 0.3 is 0 Å². The maximum Gasteiger partial charge on any atom is 0.258 e. The van der Waals surface area contributed by atoms with E-state index in [0.717, 1.165) is 16.9 Å². The van der Waals surface area contributed by atoms with Gasteiger partial charge in [0.15, 0.2) is 0 Å². The largest absolute Gasteiger partial charge is 0.486 e. The number of amides is 2. The average Bonchev–Trinajstić information content (AvgIpc) is 3.15. The number of imidazole rings is 1. The van der Waals surface area contributed by atoms with Crippen molar-refractivity contribution >= 4 is 17.5 Å². The Morgan fingerprint density at radius 1 is 1.17 bits per heavy atom. The number of carbonyl (C=O) groups is 2. The lowest BCUT2D eigenvalue weighted by Gasteiger charge is -2.21. The second kappa shape index (κ2) is 9.23. The standard InChI is InChI=1S/C22H26N4O3/c1-4-23-20(27)14-25(5-2)22(28)18-10-6-7-11-19(18)29-15-17-13-26-12-8-9-16(3)21(26)24-17/h6-13H,4-5,14-15H2,1-3H3,(H,23,27). The quantitative estimate of drug-likeness (QED) is 0.637. The number of nitrogens with one attached hydrogen (secondary N) is 1. The summed E-state index contributed by atoms with van der Waals surface area (Å²) >= 11 is 0. The first kappa shape index (κ1) is 20.4. The van der Waals surface area contributed by atoms with Crippen molar-refractivity contribution in [2.45, 2.75) is 27.4 Å². The molecule has 0 aliphatic rings. The van der Waals surface area contributed by atoms with Crippen LogP contribution in [0.15, 0.2) is 48.8 Å². The Hall–Kier alpha value is -3.35. The molecule has 1 aromatic carbocycles. The van der Waals surface area contributed by atoms with Crippen molar-refractivity contribution in [1.29, 1.82) is 0 Å². The van der Waals surface area contributed by atoms with E-state index in [1.54, 1.807) is 18.2 Å². The number of pyridine rings is 1. The number of para-hydroxylation sites is 1. The highest BCUT2D eigenvalue weighted by atomic mass is 16.5. The number of aromatic nitrogens is 2. The monoisotopic (exact) mass is 394 g/mol. The van der Waals surface area contributed by atoms with Crippen LogP contribution in [0, 0.1) is 6.92 Å². The first-order chi connectivity index (χ1) is 14.0. The van der Waals surface area contributed by atoms with Gasteiger partial charge in [-0.25, -0.2) is 4.98 Å². The summed E-state index contributed by atoms with van der Waals surface area (Å²) in [6.07, 6.45) is 3.86. The van der Waals surface area contributed by atoms with Crippen LogP contribution < -0.4 is 10.1 Å². The maximum atomic E-state index is 13.0. The number of fused-ring (bicyclic) bond motifs is 1. The minimum atomic E-state index is -0.236. The van der Waals surface area contributed by atoms with Gasteiger partial charge in [0.05, 0.1) is 17.8 Å². The van der Waals surface area contributed by atoms with E-state index >= 15 is 0 Å². The molecule has 2 aromatic heterocycles. The molecule has 0 saturated carbocycles. The van der Waals surface area contributed by atoms with Crippen LogP contribution in [0.4, 0.5) is 0 Å². The molecule has 0 bridgehead atoms. The lowest BCUT2D eigenvalue weighted by atomic mass is 10.1. The number of hydrogen-bond donors (Lipinski definition) is 1. The zero-order valence-electron chi connectivity index (χ0n) is 17.0. The molecule has 2 heterocycles. The van der Waals surface area contributed by atoms with Crippen LogP contribution in [0.1, 0.15) is 35.5 Å². The molecule has 0 fully saturated rings. The highest BCUT2D eigenvalue weighted by molar-refractivity contribution is 5.98. The Morgan fingerprint density at radius 2 is 1.97 bits per heavy atom. The summed E-state index contributed by atoms with van der Waals surface area (Å²) in [4.78, 5) is 31.0. The molecule has 7 heteroatoms. The third-order valence-electron chi connectivity index (χ3n) is 4.60. The van der Waals surface area contributed by atoms with Crippen molar-refractivity contribution in [3.63, 3.8) is 0 Å². The van der Waals surface area contributed by atoms with E-state index in [0.29, 0.717) is 24.4 Å². The van der Waals surface area contributed by atoms with Crippen LogP contribution in [0.5, 0.6) is 5.75 Å². The van der Waals surface area contributed by atoms with Gasteiger partial charge in [-0.05, 0) is 44.5 Å². The molecular formula is C22H26N4O3. The lowest BCUT2D eigenvalue weighted by molar-refractivity contribution is -0.121. The predicted octanol–water partition coefficient (Wildman–Crippen LogP) is 2.82. The molecule has 0 spiro atoms. The Labute approximate surface area is 170 Å². The van der Waals surface area contributed by atoms with Crippen molar-refractivity contribution < 1.29 is 14.3 Å². The summed E-state index contributed by atoms with van der Waals surface area (Å²) < 4.78 is 7.89. The first-order valence-corrected chi connectivity index (χ1v) is 9.74. The number of nitrogens with zero attached hydrogens (tertiary/aromatic N) is 3. The molecular weight excluding hydrogens is 368 g/mol. The van der Waals surface area contributed by atoms with Crippen LogP contribution >= 0.6 is 0 Å².